The van der Waals surface area contributed by atoms with E-state index in [2.05, 4.69) is 29.6 Å². The van der Waals surface area contributed by atoms with Crippen molar-refractivity contribution >= 4 is 17.1 Å². The fourth-order valence-corrected chi connectivity index (χ4v) is 4.07. The Morgan fingerprint density at radius 2 is 1.03 bits per heavy atom. The molecule has 2 unspecified atom stereocenters. The topological polar surface area (TPSA) is 90.3 Å². The van der Waals surface area contributed by atoms with Gasteiger partial charge in [-0.15, -0.1) is 0 Å². The SMILES string of the molecule is Nc1ccc(C(Nc2ccc(C(c3ccc(N)cc3)c3ccco3)cc2)c2ccco2)cc1. The summed E-state index contributed by atoms with van der Waals surface area (Å²) in [6, 6.07) is 31.8. The molecule has 2 aromatic heterocycles. The second-order valence-electron chi connectivity index (χ2n) is 8.00. The van der Waals surface area contributed by atoms with Crippen molar-refractivity contribution in [2.75, 3.05) is 16.8 Å². The van der Waals surface area contributed by atoms with Crippen LogP contribution in [0.15, 0.2) is 118 Å². The zero-order valence-electron chi connectivity index (χ0n) is 18.0. The van der Waals surface area contributed by atoms with E-state index >= 15 is 0 Å². The third kappa shape index (κ3) is 4.48. The molecule has 0 aliphatic heterocycles. The van der Waals surface area contributed by atoms with Crippen LogP contribution in [-0.2, 0) is 0 Å². The number of nitrogen functional groups attached to an aromatic ring is 2. The maximum Gasteiger partial charge on any atom is 0.130 e. The number of nitrogens with two attached hydrogens (primary N) is 2. The van der Waals surface area contributed by atoms with E-state index < -0.39 is 0 Å². The van der Waals surface area contributed by atoms with Gasteiger partial charge in [-0.05, 0) is 77.4 Å². The maximum atomic E-state index is 5.90. The van der Waals surface area contributed by atoms with Crippen molar-refractivity contribution in [2.45, 2.75) is 12.0 Å². The highest BCUT2D eigenvalue weighted by Gasteiger charge is 2.21. The summed E-state index contributed by atoms with van der Waals surface area (Å²) in [5, 5.41) is 3.59. The Labute approximate surface area is 192 Å². The van der Waals surface area contributed by atoms with Gasteiger partial charge >= 0.3 is 0 Å². The Bertz CT molecular complexity index is 1280. The van der Waals surface area contributed by atoms with Crippen molar-refractivity contribution < 1.29 is 8.83 Å². The van der Waals surface area contributed by atoms with Crippen molar-refractivity contribution in [2.24, 2.45) is 0 Å². The smallest absolute Gasteiger partial charge is 0.130 e. The van der Waals surface area contributed by atoms with Gasteiger partial charge in [-0.3, -0.25) is 0 Å². The van der Waals surface area contributed by atoms with E-state index in [4.69, 9.17) is 20.3 Å². The normalized spacial score (nSPS) is 12.8. The number of rotatable bonds is 7. The standard InChI is InChI=1S/C28H25N3O2/c29-22-11-5-19(6-12-22)27(25-3-1-17-32-25)20-9-15-24(16-10-20)31-28(26-4-2-18-33-26)21-7-13-23(30)14-8-21/h1-18,27-28,31H,29-30H2. The number of hydrogen-bond acceptors (Lipinski definition) is 5. The van der Waals surface area contributed by atoms with Crippen LogP contribution in [0.3, 0.4) is 0 Å². The summed E-state index contributed by atoms with van der Waals surface area (Å²) in [6.45, 7) is 0. The molecule has 5 nitrogen and oxygen atoms in total. The van der Waals surface area contributed by atoms with Crippen molar-refractivity contribution in [1.29, 1.82) is 0 Å². The minimum Gasteiger partial charge on any atom is -0.468 e. The summed E-state index contributed by atoms with van der Waals surface area (Å²) in [4.78, 5) is 0. The quantitative estimate of drug-likeness (QED) is 0.257. The lowest BCUT2D eigenvalue weighted by atomic mass is 9.89. The van der Waals surface area contributed by atoms with Crippen LogP contribution in [-0.4, -0.2) is 0 Å². The second-order valence-corrected chi connectivity index (χ2v) is 8.00. The third-order valence-corrected chi connectivity index (χ3v) is 5.75. The molecule has 0 radical (unpaired) electrons. The van der Waals surface area contributed by atoms with Gasteiger partial charge < -0.3 is 25.6 Å². The molecule has 0 spiro atoms. The van der Waals surface area contributed by atoms with Crippen LogP contribution in [0.25, 0.3) is 0 Å². The van der Waals surface area contributed by atoms with Gasteiger partial charge in [-0.2, -0.15) is 0 Å². The number of hydrogen-bond donors (Lipinski definition) is 3. The predicted molar refractivity (Wildman–Crippen MR) is 132 cm³/mol. The Balaban J connectivity index is 1.45. The van der Waals surface area contributed by atoms with E-state index in [1.54, 1.807) is 12.5 Å². The highest BCUT2D eigenvalue weighted by Crippen LogP contribution is 2.34. The summed E-state index contributed by atoms with van der Waals surface area (Å²) in [7, 11) is 0. The van der Waals surface area contributed by atoms with Gasteiger partial charge in [0.1, 0.15) is 17.6 Å². The van der Waals surface area contributed by atoms with E-state index in [9.17, 15) is 0 Å². The maximum absolute atomic E-state index is 5.90. The van der Waals surface area contributed by atoms with E-state index in [1.807, 2.05) is 72.8 Å². The molecule has 2 atom stereocenters. The Hall–Kier alpha value is -4.38. The summed E-state index contributed by atoms with van der Waals surface area (Å²) >= 11 is 0. The van der Waals surface area contributed by atoms with Gasteiger partial charge in [0.05, 0.1) is 18.4 Å². The molecular formula is C28H25N3O2. The largest absolute Gasteiger partial charge is 0.468 e. The fraction of sp³-hybridized carbons (Fsp3) is 0.0714. The minimum atomic E-state index is -0.135. The van der Waals surface area contributed by atoms with E-state index in [0.717, 1.165) is 45.3 Å². The predicted octanol–water partition coefficient (Wildman–Crippen LogP) is 6.42. The van der Waals surface area contributed by atoms with Gasteiger partial charge in [0.15, 0.2) is 0 Å². The van der Waals surface area contributed by atoms with Crippen LogP contribution in [0.4, 0.5) is 17.1 Å². The molecule has 0 bridgehead atoms. The molecule has 0 fully saturated rings. The van der Waals surface area contributed by atoms with Gasteiger partial charge in [0.2, 0.25) is 0 Å². The fourth-order valence-electron chi connectivity index (χ4n) is 4.07. The third-order valence-electron chi connectivity index (χ3n) is 5.75. The number of furan rings is 2. The van der Waals surface area contributed by atoms with Crippen LogP contribution in [0, 0.1) is 0 Å². The van der Waals surface area contributed by atoms with E-state index in [1.165, 1.54) is 0 Å². The van der Waals surface area contributed by atoms with Crippen LogP contribution in [0.5, 0.6) is 0 Å². The average molecular weight is 436 g/mol. The average Bonchev–Trinajstić information content (AvgIpc) is 3.56. The molecule has 0 saturated carbocycles. The lowest BCUT2D eigenvalue weighted by molar-refractivity contribution is 0.499. The van der Waals surface area contributed by atoms with Crippen LogP contribution >= 0.6 is 0 Å². The van der Waals surface area contributed by atoms with Crippen molar-refractivity contribution in [3.8, 4) is 0 Å². The van der Waals surface area contributed by atoms with Gasteiger partial charge in [0, 0.05) is 17.1 Å². The number of anilines is 3. The van der Waals surface area contributed by atoms with Gasteiger partial charge in [-0.25, -0.2) is 0 Å². The lowest BCUT2D eigenvalue weighted by Gasteiger charge is -2.20. The highest BCUT2D eigenvalue weighted by molar-refractivity contribution is 5.53. The molecular weight excluding hydrogens is 410 g/mol. The number of nitrogens with one attached hydrogen (secondary N) is 1. The first-order valence-electron chi connectivity index (χ1n) is 10.8. The highest BCUT2D eigenvalue weighted by atomic mass is 16.3. The van der Waals surface area contributed by atoms with Crippen LogP contribution in [0.2, 0.25) is 0 Å². The summed E-state index contributed by atoms with van der Waals surface area (Å²) in [5.74, 6) is 1.70. The van der Waals surface area contributed by atoms with Crippen molar-refractivity contribution in [3.05, 3.63) is 138 Å². The molecule has 0 amide bonds. The van der Waals surface area contributed by atoms with E-state index in [0.29, 0.717) is 0 Å². The summed E-state index contributed by atoms with van der Waals surface area (Å²) < 4.78 is 11.5. The molecule has 164 valence electrons. The van der Waals surface area contributed by atoms with Crippen LogP contribution in [0.1, 0.15) is 40.2 Å². The lowest BCUT2D eigenvalue weighted by Crippen LogP contribution is -2.12. The Morgan fingerprint density at radius 3 is 1.55 bits per heavy atom. The first kappa shape index (κ1) is 20.5. The van der Waals surface area contributed by atoms with E-state index in [-0.39, 0.29) is 12.0 Å². The Kier molecular flexibility index (Phi) is 5.60. The molecule has 5 aromatic rings. The molecule has 0 saturated heterocycles. The number of benzene rings is 3. The molecule has 3 aromatic carbocycles. The summed E-state index contributed by atoms with van der Waals surface area (Å²) in [6.07, 6.45) is 3.39. The molecule has 5 N–H and O–H groups in total. The zero-order valence-corrected chi connectivity index (χ0v) is 18.0. The second kappa shape index (κ2) is 9.01. The molecule has 33 heavy (non-hydrogen) atoms. The van der Waals surface area contributed by atoms with Crippen LogP contribution < -0.4 is 16.8 Å². The molecule has 0 aliphatic rings. The first-order chi connectivity index (χ1) is 16.2. The molecule has 2 heterocycles. The van der Waals surface area contributed by atoms with Gasteiger partial charge in [-0.1, -0.05) is 36.4 Å². The van der Waals surface area contributed by atoms with Crippen molar-refractivity contribution in [3.63, 3.8) is 0 Å². The van der Waals surface area contributed by atoms with Crippen molar-refractivity contribution in [1.82, 2.24) is 0 Å². The minimum absolute atomic E-state index is 0.0207. The molecule has 5 rings (SSSR count). The van der Waals surface area contributed by atoms with Gasteiger partial charge in [0.25, 0.3) is 0 Å². The monoisotopic (exact) mass is 435 g/mol. The molecule has 5 heteroatoms. The molecule has 0 aliphatic carbocycles. The summed E-state index contributed by atoms with van der Waals surface area (Å²) in [5.41, 5.74) is 17.5. The first-order valence-corrected chi connectivity index (χ1v) is 10.8. The zero-order chi connectivity index (χ0) is 22.6. The Morgan fingerprint density at radius 1 is 0.545 bits per heavy atom.